The number of rotatable bonds is 1. The van der Waals surface area contributed by atoms with E-state index in [9.17, 15) is 4.39 Å². The Kier molecular flexibility index (Phi) is 3.44. The average Bonchev–Trinajstić information content (AvgIpc) is 2.15. The lowest BCUT2D eigenvalue weighted by atomic mass is 10.2. The Morgan fingerprint density at radius 3 is 2.56 bits per heavy atom. The van der Waals surface area contributed by atoms with E-state index in [-0.39, 0.29) is 17.7 Å². The summed E-state index contributed by atoms with van der Waals surface area (Å²) in [4.78, 5) is 1.48. The monoisotopic (exact) mass is 223 g/mol. The van der Waals surface area contributed by atoms with Crippen LogP contribution in [0.15, 0.2) is 18.2 Å². The summed E-state index contributed by atoms with van der Waals surface area (Å²) >= 11 is 0. The highest BCUT2D eigenvalue weighted by Crippen LogP contribution is 2.19. The van der Waals surface area contributed by atoms with Crippen molar-refractivity contribution in [1.29, 1.82) is 10.8 Å². The molecule has 0 radical (unpaired) electrons. The maximum absolute atomic E-state index is 12.9. The lowest BCUT2D eigenvalue weighted by Crippen LogP contribution is -2.44. The van der Waals surface area contributed by atoms with Gasteiger partial charge in [0.25, 0.3) is 0 Å². The molecule has 0 aliphatic heterocycles. The van der Waals surface area contributed by atoms with Gasteiger partial charge < -0.3 is 10.6 Å². The second-order valence-electron chi connectivity index (χ2n) is 3.38. The van der Waals surface area contributed by atoms with Gasteiger partial charge in [0, 0.05) is 12.7 Å². The van der Waals surface area contributed by atoms with E-state index >= 15 is 0 Å². The van der Waals surface area contributed by atoms with E-state index in [1.54, 1.807) is 20.0 Å². The Labute approximate surface area is 93.1 Å². The third-order valence-corrected chi connectivity index (χ3v) is 2.11. The molecule has 0 spiro atoms. The zero-order chi connectivity index (χ0) is 12.3. The van der Waals surface area contributed by atoms with Crippen LogP contribution in [0.5, 0.6) is 0 Å². The van der Waals surface area contributed by atoms with E-state index in [4.69, 9.17) is 16.6 Å². The van der Waals surface area contributed by atoms with Crippen molar-refractivity contribution in [3.63, 3.8) is 0 Å². The second-order valence-corrected chi connectivity index (χ2v) is 3.38. The smallest absolute Gasteiger partial charge is 0.202 e. The quantitative estimate of drug-likeness (QED) is 0.423. The molecule has 1 aromatic carbocycles. The van der Waals surface area contributed by atoms with Gasteiger partial charge in [-0.1, -0.05) is 0 Å². The van der Waals surface area contributed by atoms with Gasteiger partial charge in [-0.15, -0.1) is 0 Å². The van der Waals surface area contributed by atoms with Crippen molar-refractivity contribution < 1.29 is 4.39 Å². The minimum Gasteiger partial charge on any atom is -0.370 e. The van der Waals surface area contributed by atoms with Gasteiger partial charge in [-0.05, 0) is 30.7 Å². The number of nitrogens with two attached hydrogens (primary N) is 1. The fourth-order valence-electron chi connectivity index (χ4n) is 1.33. The molecule has 0 aliphatic carbocycles. The van der Waals surface area contributed by atoms with Crippen molar-refractivity contribution in [1.82, 2.24) is 5.32 Å². The van der Waals surface area contributed by atoms with Crippen molar-refractivity contribution in [3.8, 4) is 0 Å². The number of anilines is 1. The minimum absolute atomic E-state index is 0.0396. The molecular weight excluding hydrogens is 209 g/mol. The molecule has 16 heavy (non-hydrogen) atoms. The topological polar surface area (TPSA) is 89.0 Å². The van der Waals surface area contributed by atoms with Crippen LogP contribution < -0.4 is 16.0 Å². The van der Waals surface area contributed by atoms with Gasteiger partial charge in [0.15, 0.2) is 5.96 Å². The normalized spacial score (nSPS) is 9.69. The molecule has 0 bridgehead atoms. The molecule has 5 N–H and O–H groups in total. The standard InChI is InChI=1S/C10H14FN5/c1-6-5-7(11)3-4-8(6)16(2)10(14)15-9(12)13/h3-5H,1-2H3,(H5,12,13,14,15). The summed E-state index contributed by atoms with van der Waals surface area (Å²) in [7, 11) is 1.64. The summed E-state index contributed by atoms with van der Waals surface area (Å²) in [5.41, 5.74) is 6.50. The SMILES string of the molecule is Cc1cc(F)ccc1N(C)C(=N)NC(=N)N. The van der Waals surface area contributed by atoms with Crippen molar-refractivity contribution in [2.45, 2.75) is 6.92 Å². The molecular formula is C10H14FN5. The van der Waals surface area contributed by atoms with Crippen LogP contribution in [0.3, 0.4) is 0 Å². The summed E-state index contributed by atoms with van der Waals surface area (Å²) in [6, 6.07) is 4.27. The average molecular weight is 223 g/mol. The van der Waals surface area contributed by atoms with Crippen LogP contribution in [0.2, 0.25) is 0 Å². The van der Waals surface area contributed by atoms with Crippen LogP contribution >= 0.6 is 0 Å². The predicted octanol–water partition coefficient (Wildman–Crippen LogP) is 0.988. The predicted molar refractivity (Wildman–Crippen MR) is 62.3 cm³/mol. The Hall–Kier alpha value is -2.11. The highest BCUT2D eigenvalue weighted by atomic mass is 19.1. The van der Waals surface area contributed by atoms with E-state index in [0.717, 1.165) is 0 Å². The van der Waals surface area contributed by atoms with E-state index in [0.29, 0.717) is 11.3 Å². The Balaban J connectivity index is 2.91. The number of hydrogen-bond donors (Lipinski definition) is 4. The zero-order valence-electron chi connectivity index (χ0n) is 9.13. The summed E-state index contributed by atoms with van der Waals surface area (Å²) in [5.74, 6) is -0.667. The fourth-order valence-corrected chi connectivity index (χ4v) is 1.33. The van der Waals surface area contributed by atoms with E-state index in [1.807, 2.05) is 0 Å². The van der Waals surface area contributed by atoms with Crippen molar-refractivity contribution >= 4 is 17.6 Å². The lowest BCUT2D eigenvalue weighted by Gasteiger charge is -2.22. The van der Waals surface area contributed by atoms with Gasteiger partial charge in [0.1, 0.15) is 5.82 Å². The maximum atomic E-state index is 12.9. The van der Waals surface area contributed by atoms with Crippen molar-refractivity contribution in [2.24, 2.45) is 5.73 Å². The summed E-state index contributed by atoms with van der Waals surface area (Å²) in [6.45, 7) is 1.75. The van der Waals surface area contributed by atoms with E-state index in [2.05, 4.69) is 5.32 Å². The van der Waals surface area contributed by atoms with Crippen LogP contribution in [0.25, 0.3) is 0 Å². The van der Waals surface area contributed by atoms with Gasteiger partial charge in [0.2, 0.25) is 5.96 Å². The van der Waals surface area contributed by atoms with Crippen LogP contribution in [0.4, 0.5) is 10.1 Å². The molecule has 1 rings (SSSR count). The second kappa shape index (κ2) is 4.61. The first kappa shape index (κ1) is 12.0. The molecule has 0 saturated carbocycles. The molecule has 86 valence electrons. The molecule has 0 atom stereocenters. The number of nitrogens with one attached hydrogen (secondary N) is 3. The largest absolute Gasteiger partial charge is 0.370 e. The molecule has 1 aromatic rings. The number of hydrogen-bond acceptors (Lipinski definition) is 2. The lowest BCUT2D eigenvalue weighted by molar-refractivity contribution is 0.626. The molecule has 0 aromatic heterocycles. The Bertz CT molecular complexity index is 429. The van der Waals surface area contributed by atoms with E-state index < -0.39 is 0 Å². The van der Waals surface area contributed by atoms with Gasteiger partial charge >= 0.3 is 0 Å². The van der Waals surface area contributed by atoms with Crippen LogP contribution in [-0.4, -0.2) is 19.0 Å². The number of nitrogens with zero attached hydrogens (tertiary/aromatic N) is 1. The molecule has 0 amide bonds. The molecule has 0 aliphatic rings. The Morgan fingerprint density at radius 2 is 2.06 bits per heavy atom. The number of benzene rings is 1. The zero-order valence-corrected chi connectivity index (χ0v) is 9.13. The Morgan fingerprint density at radius 1 is 1.44 bits per heavy atom. The van der Waals surface area contributed by atoms with Crippen LogP contribution in [0, 0.1) is 23.6 Å². The number of aryl methyl sites for hydroxylation is 1. The van der Waals surface area contributed by atoms with Crippen LogP contribution in [0.1, 0.15) is 5.56 Å². The molecule has 6 heteroatoms. The van der Waals surface area contributed by atoms with Crippen LogP contribution in [-0.2, 0) is 0 Å². The highest BCUT2D eigenvalue weighted by Gasteiger charge is 2.10. The first-order chi connectivity index (χ1) is 7.41. The van der Waals surface area contributed by atoms with Crippen molar-refractivity contribution in [3.05, 3.63) is 29.6 Å². The van der Waals surface area contributed by atoms with Gasteiger partial charge in [-0.3, -0.25) is 16.1 Å². The van der Waals surface area contributed by atoms with Gasteiger partial charge in [0.05, 0.1) is 0 Å². The molecule has 0 fully saturated rings. The van der Waals surface area contributed by atoms with E-state index in [1.165, 1.54) is 17.0 Å². The van der Waals surface area contributed by atoms with Crippen molar-refractivity contribution in [2.75, 3.05) is 11.9 Å². The fraction of sp³-hybridized carbons (Fsp3) is 0.200. The first-order valence-corrected chi connectivity index (χ1v) is 4.61. The van der Waals surface area contributed by atoms with Gasteiger partial charge in [-0.2, -0.15) is 0 Å². The molecule has 0 unspecified atom stereocenters. The maximum Gasteiger partial charge on any atom is 0.202 e. The highest BCUT2D eigenvalue weighted by molar-refractivity contribution is 6.03. The third-order valence-electron chi connectivity index (χ3n) is 2.11. The molecule has 0 saturated heterocycles. The number of halogens is 1. The molecule has 5 nitrogen and oxygen atoms in total. The van der Waals surface area contributed by atoms with Gasteiger partial charge in [-0.25, -0.2) is 4.39 Å². The minimum atomic E-state index is -0.319. The first-order valence-electron chi connectivity index (χ1n) is 4.61. The summed E-state index contributed by atoms with van der Waals surface area (Å²) in [5, 5.41) is 17.0. The summed E-state index contributed by atoms with van der Waals surface area (Å²) in [6.07, 6.45) is 0. The summed E-state index contributed by atoms with van der Waals surface area (Å²) < 4.78 is 12.9. The third kappa shape index (κ3) is 2.69. The molecule has 0 heterocycles. The number of guanidine groups is 2.